The number of carbonyl (C=O) groups excluding carboxylic acids is 1. The van der Waals surface area contributed by atoms with Crippen molar-refractivity contribution in [1.82, 2.24) is 10.3 Å². The van der Waals surface area contributed by atoms with Crippen LogP contribution < -0.4 is 5.32 Å². The van der Waals surface area contributed by atoms with E-state index in [1.807, 2.05) is 50.5 Å². The van der Waals surface area contributed by atoms with Crippen LogP contribution in [0.2, 0.25) is 0 Å². The lowest BCUT2D eigenvalue weighted by molar-refractivity contribution is 0.0963. The molecule has 112 valence electrons. The Morgan fingerprint density at radius 1 is 0.952 bits per heavy atom. The highest BCUT2D eigenvalue weighted by molar-refractivity contribution is 5.93. The van der Waals surface area contributed by atoms with Crippen molar-refractivity contribution in [2.75, 3.05) is 7.05 Å². The summed E-state index contributed by atoms with van der Waals surface area (Å²) in [6.45, 7) is 4.00. The minimum absolute atomic E-state index is 0.0386. The van der Waals surface area contributed by atoms with Gasteiger partial charge in [-0.25, -0.2) is 0 Å². The highest BCUT2D eigenvalue weighted by Gasteiger charge is 2.02. The molecule has 1 aromatic heterocycles. The molecule has 0 unspecified atom stereocenters. The SMILES string of the molecule is CC.CNC(=O)c1ccc(CCCc2ccncc2)cc1. The van der Waals surface area contributed by atoms with Crippen molar-refractivity contribution in [1.29, 1.82) is 0 Å². The van der Waals surface area contributed by atoms with Crippen LogP contribution in [0, 0.1) is 0 Å². The van der Waals surface area contributed by atoms with Crippen LogP contribution in [0.3, 0.4) is 0 Å². The third-order valence-electron chi connectivity index (χ3n) is 3.12. The molecule has 0 saturated carbocycles. The Hall–Kier alpha value is -2.16. The largest absolute Gasteiger partial charge is 0.355 e. The molecular weight excluding hydrogens is 260 g/mol. The summed E-state index contributed by atoms with van der Waals surface area (Å²) < 4.78 is 0. The van der Waals surface area contributed by atoms with Gasteiger partial charge in [-0.15, -0.1) is 0 Å². The summed E-state index contributed by atoms with van der Waals surface area (Å²) in [5.74, 6) is -0.0386. The molecular formula is C18H24N2O. The zero-order chi connectivity index (χ0) is 15.5. The monoisotopic (exact) mass is 284 g/mol. The van der Waals surface area contributed by atoms with Gasteiger partial charge in [0, 0.05) is 25.0 Å². The summed E-state index contributed by atoms with van der Waals surface area (Å²) in [5.41, 5.74) is 3.29. The van der Waals surface area contributed by atoms with E-state index in [4.69, 9.17) is 0 Å². The van der Waals surface area contributed by atoms with E-state index in [0.29, 0.717) is 5.56 Å². The van der Waals surface area contributed by atoms with Crippen molar-refractivity contribution in [3.8, 4) is 0 Å². The molecule has 0 radical (unpaired) electrons. The maximum absolute atomic E-state index is 11.4. The van der Waals surface area contributed by atoms with E-state index in [2.05, 4.69) is 22.4 Å². The van der Waals surface area contributed by atoms with Gasteiger partial charge >= 0.3 is 0 Å². The van der Waals surface area contributed by atoms with Gasteiger partial charge in [-0.3, -0.25) is 9.78 Å². The first-order valence-corrected chi connectivity index (χ1v) is 7.49. The molecule has 1 heterocycles. The molecule has 0 saturated heterocycles. The summed E-state index contributed by atoms with van der Waals surface area (Å²) in [6.07, 6.45) is 6.83. The van der Waals surface area contributed by atoms with Gasteiger partial charge < -0.3 is 5.32 Å². The predicted molar refractivity (Wildman–Crippen MR) is 87.4 cm³/mol. The molecule has 3 heteroatoms. The molecule has 0 atom stereocenters. The van der Waals surface area contributed by atoms with Crippen LogP contribution in [-0.4, -0.2) is 17.9 Å². The van der Waals surface area contributed by atoms with Crippen LogP contribution in [0.4, 0.5) is 0 Å². The van der Waals surface area contributed by atoms with Crippen LogP contribution in [0.1, 0.15) is 41.8 Å². The first kappa shape index (κ1) is 16.9. The summed E-state index contributed by atoms with van der Waals surface area (Å²) in [6, 6.07) is 11.9. The van der Waals surface area contributed by atoms with Crippen molar-refractivity contribution in [3.63, 3.8) is 0 Å². The Balaban J connectivity index is 0.00000106. The summed E-state index contributed by atoms with van der Waals surface area (Å²) >= 11 is 0. The van der Waals surface area contributed by atoms with Crippen LogP contribution >= 0.6 is 0 Å². The second kappa shape index (κ2) is 9.70. The highest BCUT2D eigenvalue weighted by Crippen LogP contribution is 2.09. The number of hydrogen-bond donors (Lipinski definition) is 1. The fourth-order valence-electron chi connectivity index (χ4n) is 2.01. The van der Waals surface area contributed by atoms with Crippen LogP contribution in [-0.2, 0) is 12.8 Å². The highest BCUT2D eigenvalue weighted by atomic mass is 16.1. The third-order valence-corrected chi connectivity index (χ3v) is 3.12. The van der Waals surface area contributed by atoms with Gasteiger partial charge in [-0.05, 0) is 54.7 Å². The number of carbonyl (C=O) groups is 1. The van der Waals surface area contributed by atoms with Gasteiger partial charge in [-0.1, -0.05) is 26.0 Å². The Morgan fingerprint density at radius 2 is 1.48 bits per heavy atom. The van der Waals surface area contributed by atoms with Gasteiger partial charge in [0.05, 0.1) is 0 Å². The van der Waals surface area contributed by atoms with Crippen molar-refractivity contribution < 1.29 is 4.79 Å². The Kier molecular flexibility index (Phi) is 7.80. The number of benzene rings is 1. The molecule has 0 bridgehead atoms. The molecule has 0 spiro atoms. The molecule has 1 amide bonds. The van der Waals surface area contributed by atoms with Crippen molar-refractivity contribution in [3.05, 3.63) is 65.5 Å². The number of rotatable bonds is 5. The molecule has 2 aromatic rings. The van der Waals surface area contributed by atoms with E-state index >= 15 is 0 Å². The number of nitrogens with one attached hydrogen (secondary N) is 1. The fourth-order valence-corrected chi connectivity index (χ4v) is 2.01. The number of hydrogen-bond acceptors (Lipinski definition) is 2. The van der Waals surface area contributed by atoms with E-state index in [-0.39, 0.29) is 5.91 Å². The normalized spacial score (nSPS) is 9.48. The topological polar surface area (TPSA) is 42.0 Å². The number of aromatic nitrogens is 1. The van der Waals surface area contributed by atoms with Gasteiger partial charge in [0.1, 0.15) is 0 Å². The third kappa shape index (κ3) is 5.78. The maximum atomic E-state index is 11.4. The Bertz CT molecular complexity index is 521. The van der Waals surface area contributed by atoms with E-state index in [1.54, 1.807) is 7.05 Å². The van der Waals surface area contributed by atoms with Gasteiger partial charge in [0.25, 0.3) is 5.91 Å². The molecule has 1 N–H and O–H groups in total. The quantitative estimate of drug-likeness (QED) is 0.910. The lowest BCUT2D eigenvalue weighted by Crippen LogP contribution is -2.17. The second-order valence-corrected chi connectivity index (χ2v) is 4.49. The first-order valence-electron chi connectivity index (χ1n) is 7.49. The van der Waals surface area contributed by atoms with E-state index in [9.17, 15) is 4.79 Å². The van der Waals surface area contributed by atoms with E-state index in [1.165, 1.54) is 11.1 Å². The minimum atomic E-state index is -0.0386. The lowest BCUT2D eigenvalue weighted by atomic mass is 10.0. The maximum Gasteiger partial charge on any atom is 0.251 e. The van der Waals surface area contributed by atoms with Gasteiger partial charge in [-0.2, -0.15) is 0 Å². The molecule has 0 aliphatic rings. The van der Waals surface area contributed by atoms with Gasteiger partial charge in [0.15, 0.2) is 0 Å². The molecule has 1 aromatic carbocycles. The average molecular weight is 284 g/mol. The van der Waals surface area contributed by atoms with Gasteiger partial charge in [0.2, 0.25) is 0 Å². The standard InChI is InChI=1S/C16H18N2O.C2H6/c1-17-16(19)15-7-5-13(6-8-15)3-2-4-14-9-11-18-12-10-14;1-2/h5-12H,2-4H2,1H3,(H,17,19);1-2H3. The van der Waals surface area contributed by atoms with Crippen molar-refractivity contribution in [2.24, 2.45) is 0 Å². The molecule has 3 nitrogen and oxygen atoms in total. The van der Waals surface area contributed by atoms with Crippen molar-refractivity contribution >= 4 is 5.91 Å². The van der Waals surface area contributed by atoms with Crippen LogP contribution in [0.5, 0.6) is 0 Å². The molecule has 0 aliphatic heterocycles. The van der Waals surface area contributed by atoms with E-state index < -0.39 is 0 Å². The zero-order valence-corrected chi connectivity index (χ0v) is 13.1. The molecule has 21 heavy (non-hydrogen) atoms. The average Bonchev–Trinajstić information content (AvgIpc) is 2.57. The zero-order valence-electron chi connectivity index (χ0n) is 13.1. The van der Waals surface area contributed by atoms with Crippen molar-refractivity contribution in [2.45, 2.75) is 33.1 Å². The minimum Gasteiger partial charge on any atom is -0.355 e. The number of pyridine rings is 1. The Labute approximate surface area is 127 Å². The van der Waals surface area contributed by atoms with Crippen LogP contribution in [0.15, 0.2) is 48.8 Å². The smallest absolute Gasteiger partial charge is 0.251 e. The van der Waals surface area contributed by atoms with E-state index in [0.717, 1.165) is 19.3 Å². The summed E-state index contributed by atoms with van der Waals surface area (Å²) in [7, 11) is 1.64. The number of nitrogens with zero attached hydrogens (tertiary/aromatic N) is 1. The number of amides is 1. The fraction of sp³-hybridized carbons (Fsp3) is 0.333. The Morgan fingerprint density at radius 3 is 2.00 bits per heavy atom. The van der Waals surface area contributed by atoms with Crippen LogP contribution in [0.25, 0.3) is 0 Å². The molecule has 0 aliphatic carbocycles. The number of aryl methyl sites for hydroxylation is 2. The predicted octanol–water partition coefficient (Wildman–Crippen LogP) is 3.64. The lowest BCUT2D eigenvalue weighted by Gasteiger charge is -2.04. The molecule has 0 fully saturated rings. The second-order valence-electron chi connectivity index (χ2n) is 4.49. The summed E-state index contributed by atoms with van der Waals surface area (Å²) in [5, 5.41) is 2.62. The molecule has 2 rings (SSSR count). The first-order chi connectivity index (χ1) is 10.3. The summed E-state index contributed by atoms with van der Waals surface area (Å²) in [4.78, 5) is 15.4.